The van der Waals surface area contributed by atoms with Crippen LogP contribution in [0.4, 0.5) is 0 Å². The topological polar surface area (TPSA) is 75.8 Å². The number of hydrogen-bond donors (Lipinski definition) is 1. The van der Waals surface area contributed by atoms with Crippen molar-refractivity contribution in [1.82, 2.24) is 9.88 Å². The molecule has 0 unspecified atom stereocenters. The van der Waals surface area contributed by atoms with Gasteiger partial charge in [-0.1, -0.05) is 0 Å². The number of amides is 1. The molecule has 3 rings (SSSR count). The molecule has 3 heterocycles. The van der Waals surface area contributed by atoms with Crippen LogP contribution in [0.25, 0.3) is 0 Å². The maximum atomic E-state index is 12.3. The van der Waals surface area contributed by atoms with Gasteiger partial charge in [0, 0.05) is 38.3 Å². The summed E-state index contributed by atoms with van der Waals surface area (Å²) in [4.78, 5) is 18.0. The van der Waals surface area contributed by atoms with E-state index < -0.39 is 0 Å². The van der Waals surface area contributed by atoms with Crippen LogP contribution in [-0.2, 0) is 6.61 Å². The number of likely N-dealkylation sites (tertiary alicyclic amines) is 1. The van der Waals surface area contributed by atoms with Crippen molar-refractivity contribution in [3.8, 4) is 5.75 Å². The lowest BCUT2D eigenvalue weighted by Crippen LogP contribution is -2.41. The second-order valence-corrected chi connectivity index (χ2v) is 5.22. The molecule has 1 amide bonds. The van der Waals surface area contributed by atoms with Gasteiger partial charge in [-0.3, -0.25) is 9.78 Å². The molecule has 6 heteroatoms. The lowest BCUT2D eigenvalue weighted by molar-refractivity contribution is 0.0563. The SMILES string of the molecule is O=C(c1ccc(CO)o1)N1CCC(Oc2ccncc2)CC1. The standard InChI is InChI=1S/C16H18N2O4/c19-11-14-1-2-15(22-14)16(20)18-9-5-13(6-10-18)21-12-3-7-17-8-4-12/h1-4,7-8,13,19H,5-6,9-11H2. The third kappa shape index (κ3) is 3.28. The summed E-state index contributed by atoms with van der Waals surface area (Å²) < 4.78 is 11.2. The van der Waals surface area contributed by atoms with E-state index in [9.17, 15) is 4.79 Å². The Hall–Kier alpha value is -2.34. The van der Waals surface area contributed by atoms with Crippen molar-refractivity contribution >= 4 is 5.91 Å². The fourth-order valence-corrected chi connectivity index (χ4v) is 2.52. The number of aliphatic hydroxyl groups excluding tert-OH is 1. The van der Waals surface area contributed by atoms with Crippen molar-refractivity contribution in [2.24, 2.45) is 0 Å². The van der Waals surface area contributed by atoms with Gasteiger partial charge < -0.3 is 19.2 Å². The maximum Gasteiger partial charge on any atom is 0.289 e. The van der Waals surface area contributed by atoms with E-state index >= 15 is 0 Å². The molecule has 0 aromatic carbocycles. The van der Waals surface area contributed by atoms with Crippen LogP contribution in [0.3, 0.4) is 0 Å². The molecule has 0 aliphatic carbocycles. The first kappa shape index (κ1) is 14.6. The number of pyridine rings is 1. The molecule has 1 saturated heterocycles. The van der Waals surface area contributed by atoms with E-state index in [0.717, 1.165) is 18.6 Å². The Morgan fingerprint density at radius 1 is 1.27 bits per heavy atom. The smallest absolute Gasteiger partial charge is 0.289 e. The summed E-state index contributed by atoms with van der Waals surface area (Å²) in [5.74, 6) is 1.34. The summed E-state index contributed by atoms with van der Waals surface area (Å²) in [5.41, 5.74) is 0. The number of carbonyl (C=O) groups excluding carboxylic acids is 1. The Morgan fingerprint density at radius 2 is 2.00 bits per heavy atom. The number of nitrogens with zero attached hydrogens (tertiary/aromatic N) is 2. The van der Waals surface area contributed by atoms with E-state index in [1.165, 1.54) is 0 Å². The van der Waals surface area contributed by atoms with Crippen molar-refractivity contribution in [3.05, 3.63) is 48.2 Å². The monoisotopic (exact) mass is 302 g/mol. The van der Waals surface area contributed by atoms with Crippen LogP contribution in [0.5, 0.6) is 5.75 Å². The predicted molar refractivity (Wildman–Crippen MR) is 78.4 cm³/mol. The van der Waals surface area contributed by atoms with Gasteiger partial charge in [0.2, 0.25) is 0 Å². The zero-order valence-electron chi connectivity index (χ0n) is 12.1. The molecule has 2 aromatic heterocycles. The number of furan rings is 1. The van der Waals surface area contributed by atoms with Crippen molar-refractivity contribution < 1.29 is 19.1 Å². The minimum Gasteiger partial charge on any atom is -0.490 e. The van der Waals surface area contributed by atoms with E-state index in [4.69, 9.17) is 14.3 Å². The Kier molecular flexibility index (Phi) is 4.39. The lowest BCUT2D eigenvalue weighted by Gasteiger charge is -2.31. The predicted octanol–water partition coefficient (Wildman–Crippen LogP) is 1.85. The first-order chi connectivity index (χ1) is 10.8. The summed E-state index contributed by atoms with van der Waals surface area (Å²) in [7, 11) is 0. The van der Waals surface area contributed by atoms with E-state index in [0.29, 0.717) is 18.8 Å². The van der Waals surface area contributed by atoms with Crippen LogP contribution in [-0.4, -0.2) is 40.1 Å². The summed E-state index contributed by atoms with van der Waals surface area (Å²) in [5, 5.41) is 8.98. The number of hydrogen-bond acceptors (Lipinski definition) is 5. The third-order valence-corrected chi connectivity index (χ3v) is 3.71. The maximum absolute atomic E-state index is 12.3. The quantitative estimate of drug-likeness (QED) is 0.933. The summed E-state index contributed by atoms with van der Waals surface area (Å²) >= 11 is 0. The Balaban J connectivity index is 1.54. The summed E-state index contributed by atoms with van der Waals surface area (Å²) in [6.07, 6.45) is 5.06. The van der Waals surface area contributed by atoms with Crippen molar-refractivity contribution in [3.63, 3.8) is 0 Å². The van der Waals surface area contributed by atoms with E-state index in [2.05, 4.69) is 4.98 Å². The number of ether oxygens (including phenoxy) is 1. The highest BCUT2D eigenvalue weighted by Crippen LogP contribution is 2.20. The van der Waals surface area contributed by atoms with Gasteiger partial charge in [0.25, 0.3) is 5.91 Å². The normalized spacial score (nSPS) is 15.8. The largest absolute Gasteiger partial charge is 0.490 e. The van der Waals surface area contributed by atoms with Crippen molar-refractivity contribution in [1.29, 1.82) is 0 Å². The second-order valence-electron chi connectivity index (χ2n) is 5.22. The summed E-state index contributed by atoms with van der Waals surface area (Å²) in [6.45, 7) is 1.06. The van der Waals surface area contributed by atoms with Gasteiger partial charge in [0.05, 0.1) is 0 Å². The molecule has 0 radical (unpaired) electrons. The second kappa shape index (κ2) is 6.62. The van der Waals surface area contributed by atoms with Crippen LogP contribution in [0.1, 0.15) is 29.2 Å². The minimum atomic E-state index is -0.199. The highest BCUT2D eigenvalue weighted by molar-refractivity contribution is 5.91. The van der Waals surface area contributed by atoms with Crippen LogP contribution in [0.2, 0.25) is 0 Å². The Morgan fingerprint density at radius 3 is 2.64 bits per heavy atom. The van der Waals surface area contributed by atoms with Gasteiger partial charge in [0.1, 0.15) is 24.2 Å². The van der Waals surface area contributed by atoms with Crippen molar-refractivity contribution in [2.75, 3.05) is 13.1 Å². The number of piperidine rings is 1. The fraction of sp³-hybridized carbons (Fsp3) is 0.375. The number of aliphatic hydroxyl groups is 1. The van der Waals surface area contributed by atoms with Crippen molar-refractivity contribution in [2.45, 2.75) is 25.6 Å². The molecule has 116 valence electrons. The molecule has 1 N–H and O–H groups in total. The number of rotatable bonds is 4. The molecular formula is C16H18N2O4. The zero-order valence-corrected chi connectivity index (χ0v) is 12.1. The molecule has 1 fully saturated rings. The first-order valence-electron chi connectivity index (χ1n) is 7.32. The first-order valence-corrected chi connectivity index (χ1v) is 7.32. The van der Waals surface area contributed by atoms with Gasteiger partial charge in [-0.2, -0.15) is 0 Å². The number of carbonyl (C=O) groups is 1. The van der Waals surface area contributed by atoms with Crippen LogP contribution < -0.4 is 4.74 Å². The molecular weight excluding hydrogens is 284 g/mol. The molecule has 2 aromatic rings. The highest BCUT2D eigenvalue weighted by Gasteiger charge is 2.26. The fourth-order valence-electron chi connectivity index (χ4n) is 2.52. The van der Waals surface area contributed by atoms with Gasteiger partial charge in [-0.05, 0) is 24.3 Å². The van der Waals surface area contributed by atoms with Crippen LogP contribution in [0, 0.1) is 0 Å². The Bertz CT molecular complexity index is 618. The van der Waals surface area contributed by atoms with Gasteiger partial charge in [-0.15, -0.1) is 0 Å². The molecule has 0 atom stereocenters. The Labute approximate surface area is 128 Å². The van der Waals surface area contributed by atoms with E-state index in [1.54, 1.807) is 29.4 Å². The zero-order chi connectivity index (χ0) is 15.4. The summed E-state index contributed by atoms with van der Waals surface area (Å²) in [6, 6.07) is 6.88. The average molecular weight is 302 g/mol. The molecule has 0 bridgehead atoms. The van der Waals surface area contributed by atoms with Gasteiger partial charge in [0.15, 0.2) is 5.76 Å². The van der Waals surface area contributed by atoms with Gasteiger partial charge in [-0.25, -0.2) is 0 Å². The highest BCUT2D eigenvalue weighted by atomic mass is 16.5. The third-order valence-electron chi connectivity index (χ3n) is 3.71. The molecule has 22 heavy (non-hydrogen) atoms. The molecule has 6 nitrogen and oxygen atoms in total. The average Bonchev–Trinajstić information content (AvgIpc) is 3.05. The van der Waals surface area contributed by atoms with Crippen LogP contribution >= 0.6 is 0 Å². The molecule has 0 saturated carbocycles. The molecule has 1 aliphatic rings. The van der Waals surface area contributed by atoms with E-state index in [-0.39, 0.29) is 24.4 Å². The lowest BCUT2D eigenvalue weighted by atomic mass is 10.1. The minimum absolute atomic E-state index is 0.107. The van der Waals surface area contributed by atoms with E-state index in [1.807, 2.05) is 12.1 Å². The molecule has 1 aliphatic heterocycles. The van der Waals surface area contributed by atoms with Gasteiger partial charge >= 0.3 is 0 Å². The van der Waals surface area contributed by atoms with Crippen LogP contribution in [0.15, 0.2) is 41.1 Å². The number of aromatic nitrogens is 1. The molecule has 0 spiro atoms.